The van der Waals surface area contributed by atoms with Gasteiger partial charge in [-0.1, -0.05) is 12.1 Å². The van der Waals surface area contributed by atoms with Crippen LogP contribution in [0.25, 0.3) is 0 Å². The van der Waals surface area contributed by atoms with Crippen molar-refractivity contribution in [2.45, 2.75) is 26.6 Å². The standard InChI is InChI=1S/C15H17F2N3O3S/c1-2-22-11-5-3-4-9(13(11)23-15(16)17)7-19-14(21)10-8-24-12(6-18)20-10/h3-5,8,15H,2,6-7,18H2,1H3,(H,19,21). The zero-order valence-electron chi connectivity index (χ0n) is 12.9. The van der Waals surface area contributed by atoms with E-state index < -0.39 is 12.5 Å². The van der Waals surface area contributed by atoms with Crippen molar-refractivity contribution in [2.24, 2.45) is 5.73 Å². The van der Waals surface area contributed by atoms with Crippen LogP contribution in [0, 0.1) is 0 Å². The number of rotatable bonds is 8. The summed E-state index contributed by atoms with van der Waals surface area (Å²) in [5.74, 6) is -0.310. The summed E-state index contributed by atoms with van der Waals surface area (Å²) >= 11 is 1.28. The number of nitrogens with one attached hydrogen (secondary N) is 1. The number of benzene rings is 1. The average molecular weight is 357 g/mol. The van der Waals surface area contributed by atoms with E-state index in [1.165, 1.54) is 17.4 Å². The molecule has 0 bridgehead atoms. The molecule has 0 aliphatic rings. The number of hydrogen-bond acceptors (Lipinski definition) is 6. The molecule has 0 saturated carbocycles. The van der Waals surface area contributed by atoms with Gasteiger partial charge < -0.3 is 20.5 Å². The molecule has 2 aromatic rings. The summed E-state index contributed by atoms with van der Waals surface area (Å²) < 4.78 is 35.1. The molecule has 24 heavy (non-hydrogen) atoms. The van der Waals surface area contributed by atoms with Gasteiger partial charge in [0, 0.05) is 24.0 Å². The van der Waals surface area contributed by atoms with E-state index in [1.54, 1.807) is 24.4 Å². The molecule has 0 spiro atoms. The largest absolute Gasteiger partial charge is 0.490 e. The predicted octanol–water partition coefficient (Wildman–Crippen LogP) is 2.53. The van der Waals surface area contributed by atoms with Crippen LogP contribution < -0.4 is 20.5 Å². The van der Waals surface area contributed by atoms with Crippen LogP contribution in [0.2, 0.25) is 0 Å². The molecule has 0 saturated heterocycles. The summed E-state index contributed by atoms with van der Waals surface area (Å²) in [6.45, 7) is -0.710. The molecule has 0 fully saturated rings. The number of carbonyl (C=O) groups excluding carboxylic acids is 1. The van der Waals surface area contributed by atoms with E-state index in [0.29, 0.717) is 17.2 Å². The minimum atomic E-state index is -2.99. The van der Waals surface area contributed by atoms with Gasteiger partial charge in [-0.25, -0.2) is 4.98 Å². The summed E-state index contributed by atoms with van der Waals surface area (Å²) in [5, 5.41) is 4.85. The van der Waals surface area contributed by atoms with Crippen molar-refractivity contribution in [1.82, 2.24) is 10.3 Å². The molecule has 1 heterocycles. The van der Waals surface area contributed by atoms with E-state index >= 15 is 0 Å². The number of halogens is 2. The number of amides is 1. The second-order valence-corrected chi connectivity index (χ2v) is 5.51. The molecule has 0 atom stereocenters. The number of carbonyl (C=O) groups is 1. The first kappa shape index (κ1) is 18.1. The zero-order valence-corrected chi connectivity index (χ0v) is 13.7. The van der Waals surface area contributed by atoms with Crippen LogP contribution in [0.3, 0.4) is 0 Å². The molecule has 3 N–H and O–H groups in total. The summed E-state index contributed by atoms with van der Waals surface area (Å²) in [5.41, 5.74) is 6.07. The molecule has 0 unspecified atom stereocenters. The fraction of sp³-hybridized carbons (Fsp3) is 0.333. The highest BCUT2D eigenvalue weighted by atomic mass is 32.1. The third kappa shape index (κ3) is 4.62. The van der Waals surface area contributed by atoms with Gasteiger partial charge in [-0.05, 0) is 13.0 Å². The quantitative estimate of drug-likeness (QED) is 0.758. The fourth-order valence-electron chi connectivity index (χ4n) is 1.97. The van der Waals surface area contributed by atoms with Crippen LogP contribution in [0.15, 0.2) is 23.6 Å². The zero-order chi connectivity index (χ0) is 17.5. The van der Waals surface area contributed by atoms with Gasteiger partial charge in [0.15, 0.2) is 11.5 Å². The molecule has 1 amide bonds. The van der Waals surface area contributed by atoms with Gasteiger partial charge in [-0.2, -0.15) is 8.78 Å². The van der Waals surface area contributed by atoms with Crippen molar-refractivity contribution < 1.29 is 23.0 Å². The number of hydrogen-bond donors (Lipinski definition) is 2. The van der Waals surface area contributed by atoms with E-state index in [-0.39, 0.29) is 30.3 Å². The first-order chi connectivity index (χ1) is 11.5. The summed E-state index contributed by atoms with van der Waals surface area (Å²) in [4.78, 5) is 16.1. The van der Waals surface area contributed by atoms with Crippen LogP contribution in [-0.2, 0) is 13.1 Å². The summed E-state index contributed by atoms with van der Waals surface area (Å²) in [6, 6.07) is 4.74. The molecule has 130 valence electrons. The molecule has 2 rings (SSSR count). The average Bonchev–Trinajstić information content (AvgIpc) is 3.04. The van der Waals surface area contributed by atoms with Gasteiger partial charge in [0.1, 0.15) is 10.7 Å². The SMILES string of the molecule is CCOc1cccc(CNC(=O)c2csc(CN)n2)c1OC(F)F. The van der Waals surface area contributed by atoms with Crippen molar-refractivity contribution in [3.63, 3.8) is 0 Å². The lowest BCUT2D eigenvalue weighted by Crippen LogP contribution is -2.24. The van der Waals surface area contributed by atoms with Gasteiger partial charge in [0.2, 0.25) is 0 Å². The number of nitrogens with two attached hydrogens (primary N) is 1. The number of thiazole rings is 1. The van der Waals surface area contributed by atoms with E-state index in [4.69, 9.17) is 10.5 Å². The summed E-state index contributed by atoms with van der Waals surface area (Å²) in [7, 11) is 0. The van der Waals surface area contributed by atoms with Gasteiger partial charge in [-0.15, -0.1) is 11.3 Å². The number of ether oxygens (including phenoxy) is 2. The van der Waals surface area contributed by atoms with Gasteiger partial charge >= 0.3 is 6.61 Å². The maximum atomic E-state index is 12.6. The number of alkyl halides is 2. The topological polar surface area (TPSA) is 86.5 Å². The van der Waals surface area contributed by atoms with Crippen LogP contribution in [0.1, 0.15) is 28.0 Å². The van der Waals surface area contributed by atoms with Gasteiger partial charge in [0.25, 0.3) is 5.91 Å². The minimum Gasteiger partial charge on any atom is -0.490 e. The van der Waals surface area contributed by atoms with E-state index in [1.807, 2.05) is 0 Å². The highest BCUT2D eigenvalue weighted by Crippen LogP contribution is 2.32. The van der Waals surface area contributed by atoms with Crippen molar-refractivity contribution >= 4 is 17.2 Å². The van der Waals surface area contributed by atoms with E-state index in [9.17, 15) is 13.6 Å². The number of nitrogens with zero attached hydrogens (tertiary/aromatic N) is 1. The van der Waals surface area contributed by atoms with Crippen LogP contribution in [0.5, 0.6) is 11.5 Å². The Kier molecular flexibility index (Phi) is 6.44. The maximum absolute atomic E-state index is 12.6. The Morgan fingerprint density at radius 3 is 2.88 bits per heavy atom. The maximum Gasteiger partial charge on any atom is 0.387 e. The van der Waals surface area contributed by atoms with Gasteiger partial charge in [-0.3, -0.25) is 4.79 Å². The lowest BCUT2D eigenvalue weighted by atomic mass is 10.2. The van der Waals surface area contributed by atoms with Crippen molar-refractivity contribution in [2.75, 3.05) is 6.61 Å². The van der Waals surface area contributed by atoms with Gasteiger partial charge in [0.05, 0.1) is 6.61 Å². The first-order valence-corrected chi connectivity index (χ1v) is 8.05. The Hall–Kier alpha value is -2.26. The minimum absolute atomic E-state index is 0.00269. The molecule has 0 radical (unpaired) electrons. The fourth-order valence-corrected chi connectivity index (χ4v) is 2.62. The smallest absolute Gasteiger partial charge is 0.387 e. The van der Waals surface area contributed by atoms with Crippen LogP contribution >= 0.6 is 11.3 Å². The van der Waals surface area contributed by atoms with Crippen molar-refractivity contribution in [1.29, 1.82) is 0 Å². The Bertz CT molecular complexity index is 694. The third-order valence-corrected chi connectivity index (χ3v) is 3.84. The highest BCUT2D eigenvalue weighted by molar-refractivity contribution is 7.09. The molecular weight excluding hydrogens is 340 g/mol. The highest BCUT2D eigenvalue weighted by Gasteiger charge is 2.17. The first-order valence-electron chi connectivity index (χ1n) is 7.17. The molecule has 1 aromatic carbocycles. The molecule has 9 heteroatoms. The molecule has 1 aromatic heterocycles. The van der Waals surface area contributed by atoms with Crippen LogP contribution in [-0.4, -0.2) is 24.1 Å². The monoisotopic (exact) mass is 357 g/mol. The van der Waals surface area contributed by atoms with E-state index in [2.05, 4.69) is 15.0 Å². The third-order valence-electron chi connectivity index (χ3n) is 2.97. The molecule has 0 aliphatic heterocycles. The van der Waals surface area contributed by atoms with Crippen molar-refractivity contribution in [3.8, 4) is 11.5 Å². The van der Waals surface area contributed by atoms with E-state index in [0.717, 1.165) is 0 Å². The Labute approximate surface area is 141 Å². The number of aromatic nitrogens is 1. The normalized spacial score (nSPS) is 10.7. The Balaban J connectivity index is 2.13. The predicted molar refractivity (Wildman–Crippen MR) is 85.4 cm³/mol. The lowest BCUT2D eigenvalue weighted by molar-refractivity contribution is -0.0520. The number of para-hydroxylation sites is 1. The summed E-state index contributed by atoms with van der Waals surface area (Å²) in [6.07, 6.45) is 0. The lowest BCUT2D eigenvalue weighted by Gasteiger charge is -2.15. The Morgan fingerprint density at radius 1 is 1.46 bits per heavy atom. The second kappa shape index (κ2) is 8.55. The molecule has 0 aliphatic carbocycles. The molecular formula is C15H17F2N3O3S. The second-order valence-electron chi connectivity index (χ2n) is 4.57. The molecule has 6 nitrogen and oxygen atoms in total. The van der Waals surface area contributed by atoms with Crippen LogP contribution in [0.4, 0.5) is 8.78 Å². The van der Waals surface area contributed by atoms with Crippen molar-refractivity contribution in [3.05, 3.63) is 39.8 Å². The Morgan fingerprint density at radius 2 is 2.25 bits per heavy atom.